The zero-order valence-electron chi connectivity index (χ0n) is 20.8. The third-order valence-corrected chi connectivity index (χ3v) is 6.14. The fraction of sp³-hybridized carbons (Fsp3) is 0.481. The Bertz CT molecular complexity index is 928. The molecular weight excluding hydrogens is 462 g/mol. The first kappa shape index (κ1) is 27.6. The summed E-state index contributed by atoms with van der Waals surface area (Å²) in [4.78, 5) is 26.6. The Balaban J connectivity index is 1.58. The molecule has 9 nitrogen and oxygen atoms in total. The minimum atomic E-state index is -0.868. The molecule has 3 unspecified atom stereocenters. The number of nitrogens with zero attached hydrogens (tertiary/aromatic N) is 2. The van der Waals surface area contributed by atoms with Gasteiger partial charge in [0.1, 0.15) is 6.61 Å². The summed E-state index contributed by atoms with van der Waals surface area (Å²) in [6, 6.07) is 18.9. The number of ether oxygens (including phenoxy) is 3. The van der Waals surface area contributed by atoms with E-state index in [0.717, 1.165) is 23.4 Å². The summed E-state index contributed by atoms with van der Waals surface area (Å²) in [6.07, 6.45) is -0.109. The first-order valence-electron chi connectivity index (χ1n) is 12.4. The molecule has 1 heterocycles. The van der Waals surface area contributed by atoms with Crippen molar-refractivity contribution in [1.82, 2.24) is 9.91 Å². The summed E-state index contributed by atoms with van der Waals surface area (Å²) in [5.74, 6) is 6.03. The minimum Gasteiger partial charge on any atom is -0.419 e. The van der Waals surface area contributed by atoms with Gasteiger partial charge in [-0.05, 0) is 37.3 Å². The van der Waals surface area contributed by atoms with Crippen LogP contribution in [0, 0.1) is 0 Å². The number of aliphatic hydroxyl groups is 1. The van der Waals surface area contributed by atoms with E-state index in [4.69, 9.17) is 20.1 Å². The molecular formula is C27H37N3O6. The smallest absolute Gasteiger partial charge is 0.419 e. The molecule has 0 radical (unpaired) electrons. The van der Waals surface area contributed by atoms with Crippen molar-refractivity contribution in [2.75, 3.05) is 32.9 Å². The fourth-order valence-electron chi connectivity index (χ4n) is 4.04. The zero-order chi connectivity index (χ0) is 25.8. The summed E-state index contributed by atoms with van der Waals surface area (Å²) in [5, 5.41) is 11.2. The van der Waals surface area contributed by atoms with Crippen LogP contribution >= 0.6 is 0 Å². The summed E-state index contributed by atoms with van der Waals surface area (Å²) in [7, 11) is 0. The van der Waals surface area contributed by atoms with Crippen molar-refractivity contribution in [3.8, 4) is 0 Å². The Hall–Kier alpha value is -2.98. The number of aliphatic hydroxyl groups excluding tert-OH is 1. The molecule has 0 spiro atoms. The van der Waals surface area contributed by atoms with Crippen LogP contribution in [0.4, 0.5) is 4.79 Å². The maximum absolute atomic E-state index is 12.9. The van der Waals surface area contributed by atoms with Gasteiger partial charge < -0.3 is 24.2 Å². The van der Waals surface area contributed by atoms with E-state index >= 15 is 0 Å². The number of amides is 2. The molecule has 9 heteroatoms. The topological polar surface area (TPSA) is 115 Å². The van der Waals surface area contributed by atoms with E-state index in [1.54, 1.807) is 11.8 Å². The van der Waals surface area contributed by atoms with Gasteiger partial charge in [-0.25, -0.2) is 15.6 Å². The van der Waals surface area contributed by atoms with E-state index in [0.29, 0.717) is 32.5 Å². The van der Waals surface area contributed by atoms with E-state index < -0.39 is 24.5 Å². The standard InChI is InChI=1S/C27H37N3O6/c1-21(31)24(19-23-11-6-3-7-12-23)30(28)27(33)36-26(14-8-13-22-9-4-2-5-10-22)35-18-16-29-15-17-34-20-25(29)32/h2-7,9-12,21,24,26,31H,8,13-20,28H2,1H3. The second-order valence-corrected chi connectivity index (χ2v) is 8.90. The van der Waals surface area contributed by atoms with Crippen molar-refractivity contribution in [1.29, 1.82) is 0 Å². The Morgan fingerprint density at radius 3 is 2.44 bits per heavy atom. The molecule has 0 aromatic heterocycles. The maximum atomic E-state index is 12.9. The van der Waals surface area contributed by atoms with Crippen LogP contribution in [0.25, 0.3) is 0 Å². The van der Waals surface area contributed by atoms with Gasteiger partial charge in [-0.1, -0.05) is 60.7 Å². The van der Waals surface area contributed by atoms with Crippen molar-refractivity contribution >= 4 is 12.0 Å². The number of carbonyl (C=O) groups excluding carboxylic acids is 2. The maximum Gasteiger partial charge on any atom is 0.426 e. The predicted octanol–water partition coefficient (Wildman–Crippen LogP) is 2.52. The number of hydrazine groups is 1. The van der Waals surface area contributed by atoms with Crippen molar-refractivity contribution in [3.63, 3.8) is 0 Å². The van der Waals surface area contributed by atoms with Crippen molar-refractivity contribution in [2.24, 2.45) is 5.84 Å². The monoisotopic (exact) mass is 499 g/mol. The molecule has 0 bridgehead atoms. The summed E-state index contributed by atoms with van der Waals surface area (Å²) < 4.78 is 16.7. The molecule has 196 valence electrons. The lowest BCUT2D eigenvalue weighted by Gasteiger charge is -2.31. The van der Waals surface area contributed by atoms with Gasteiger partial charge in [0.2, 0.25) is 12.2 Å². The third-order valence-electron chi connectivity index (χ3n) is 6.14. The molecule has 1 aliphatic rings. The number of rotatable bonds is 13. The highest BCUT2D eigenvalue weighted by Crippen LogP contribution is 2.15. The molecule has 1 aliphatic heterocycles. The van der Waals surface area contributed by atoms with Crippen LogP contribution in [0.5, 0.6) is 0 Å². The number of hydrogen-bond donors (Lipinski definition) is 2. The van der Waals surface area contributed by atoms with Crippen LogP contribution in [-0.2, 0) is 31.8 Å². The molecule has 0 saturated carbocycles. The molecule has 3 atom stereocenters. The molecule has 3 rings (SSSR count). The van der Waals surface area contributed by atoms with Crippen LogP contribution in [0.1, 0.15) is 30.9 Å². The summed E-state index contributed by atoms with van der Waals surface area (Å²) in [5.41, 5.74) is 2.12. The Labute approximate surface area is 212 Å². The van der Waals surface area contributed by atoms with Gasteiger partial charge in [0, 0.05) is 19.5 Å². The molecule has 0 aliphatic carbocycles. The number of carbonyl (C=O) groups is 2. The normalized spacial score (nSPS) is 16.3. The number of nitrogens with two attached hydrogens (primary N) is 1. The summed E-state index contributed by atoms with van der Waals surface area (Å²) >= 11 is 0. The van der Waals surface area contributed by atoms with Crippen molar-refractivity contribution in [2.45, 2.75) is 51.0 Å². The van der Waals surface area contributed by atoms with Crippen molar-refractivity contribution in [3.05, 3.63) is 71.8 Å². The number of aryl methyl sites for hydroxylation is 1. The van der Waals surface area contributed by atoms with Gasteiger partial charge in [0.05, 0.1) is 25.4 Å². The van der Waals surface area contributed by atoms with Crippen molar-refractivity contribution < 1.29 is 28.9 Å². The van der Waals surface area contributed by atoms with E-state index in [1.807, 2.05) is 60.7 Å². The first-order valence-corrected chi connectivity index (χ1v) is 12.4. The minimum absolute atomic E-state index is 0.0692. The van der Waals surface area contributed by atoms with Crippen LogP contribution in [-0.4, -0.2) is 78.4 Å². The van der Waals surface area contributed by atoms with Gasteiger partial charge in [0.25, 0.3) is 0 Å². The van der Waals surface area contributed by atoms with E-state index in [-0.39, 0.29) is 19.1 Å². The van der Waals surface area contributed by atoms with Gasteiger partial charge in [0.15, 0.2) is 0 Å². The number of morpholine rings is 1. The number of hydrogen-bond acceptors (Lipinski definition) is 7. The molecule has 36 heavy (non-hydrogen) atoms. The lowest BCUT2D eigenvalue weighted by Crippen LogP contribution is -2.52. The zero-order valence-corrected chi connectivity index (χ0v) is 20.8. The summed E-state index contributed by atoms with van der Waals surface area (Å²) in [6.45, 7) is 3.25. The average Bonchev–Trinajstić information content (AvgIpc) is 2.89. The largest absolute Gasteiger partial charge is 0.426 e. The molecule has 2 aromatic rings. The van der Waals surface area contributed by atoms with Crippen LogP contribution in [0.2, 0.25) is 0 Å². The predicted molar refractivity (Wildman–Crippen MR) is 135 cm³/mol. The lowest BCUT2D eigenvalue weighted by molar-refractivity contribution is -0.149. The van der Waals surface area contributed by atoms with Gasteiger partial charge in [-0.2, -0.15) is 0 Å². The first-order chi connectivity index (χ1) is 17.4. The second-order valence-electron chi connectivity index (χ2n) is 8.90. The quantitative estimate of drug-likeness (QED) is 0.188. The van der Waals surface area contributed by atoms with Gasteiger partial charge >= 0.3 is 6.09 Å². The fourth-order valence-corrected chi connectivity index (χ4v) is 4.04. The Morgan fingerprint density at radius 1 is 1.14 bits per heavy atom. The van der Waals surface area contributed by atoms with Crippen LogP contribution in [0.3, 0.4) is 0 Å². The molecule has 3 N–H and O–H groups in total. The molecule has 1 fully saturated rings. The third kappa shape index (κ3) is 8.91. The highest BCUT2D eigenvalue weighted by Gasteiger charge is 2.29. The van der Waals surface area contributed by atoms with E-state index in [9.17, 15) is 14.7 Å². The SMILES string of the molecule is CC(O)C(Cc1ccccc1)N(N)C(=O)OC(CCCc1ccccc1)OCCN1CCOCC1=O. The highest BCUT2D eigenvalue weighted by molar-refractivity contribution is 5.77. The highest BCUT2D eigenvalue weighted by atomic mass is 16.7. The van der Waals surface area contributed by atoms with E-state index in [2.05, 4.69) is 0 Å². The van der Waals surface area contributed by atoms with Gasteiger partial charge in [-0.15, -0.1) is 0 Å². The Kier molecular flexibility index (Phi) is 11.2. The lowest BCUT2D eigenvalue weighted by atomic mass is 10.0. The molecule has 1 saturated heterocycles. The van der Waals surface area contributed by atoms with E-state index in [1.165, 1.54) is 5.56 Å². The average molecular weight is 500 g/mol. The Morgan fingerprint density at radius 2 is 1.81 bits per heavy atom. The molecule has 2 amide bonds. The number of benzene rings is 2. The molecule has 2 aromatic carbocycles. The second kappa shape index (κ2) is 14.5. The van der Waals surface area contributed by atoms with Crippen LogP contribution in [0.15, 0.2) is 60.7 Å². The van der Waals surface area contributed by atoms with Gasteiger partial charge in [-0.3, -0.25) is 4.79 Å². The van der Waals surface area contributed by atoms with Crippen LogP contribution < -0.4 is 5.84 Å².